The molecule has 0 spiro atoms. The molecular weight excluding hydrogens is 390 g/mol. The molecule has 0 atom stereocenters. The van der Waals surface area contributed by atoms with Gasteiger partial charge in [-0.15, -0.1) is 0 Å². The van der Waals surface area contributed by atoms with Crippen LogP contribution in [0.3, 0.4) is 0 Å². The maximum atomic E-state index is 12.6. The van der Waals surface area contributed by atoms with Gasteiger partial charge in [-0.3, -0.25) is 14.2 Å². The van der Waals surface area contributed by atoms with E-state index in [1.54, 1.807) is 35.2 Å². The third-order valence-corrected chi connectivity index (χ3v) is 5.87. The lowest BCUT2D eigenvalue weighted by Gasteiger charge is -2.38. The number of halogens is 1. The molecule has 1 fully saturated rings. The summed E-state index contributed by atoms with van der Waals surface area (Å²) in [5.41, 5.74) is 0.389. The molecule has 150 valence electrons. The highest BCUT2D eigenvalue weighted by molar-refractivity contribution is 6.30. The molecule has 7 heteroatoms. The van der Waals surface area contributed by atoms with Crippen LogP contribution in [-0.2, 0) is 16.9 Å². The smallest absolute Gasteiger partial charge is 0.261 e. The lowest BCUT2D eigenvalue weighted by atomic mass is 9.84. The van der Waals surface area contributed by atoms with Crippen LogP contribution in [-0.4, -0.2) is 38.6 Å². The zero-order valence-electron chi connectivity index (χ0n) is 15.9. The van der Waals surface area contributed by atoms with Crippen LogP contribution in [0, 0.1) is 0 Å². The van der Waals surface area contributed by atoms with Gasteiger partial charge in [-0.1, -0.05) is 35.9 Å². The number of hydrogen-bond donors (Lipinski definition) is 1. The second kappa shape index (κ2) is 7.97. The number of nitrogens with zero attached hydrogens (tertiary/aromatic N) is 3. The summed E-state index contributed by atoms with van der Waals surface area (Å²) in [4.78, 5) is 31.2. The summed E-state index contributed by atoms with van der Waals surface area (Å²) >= 11 is 5.93. The van der Waals surface area contributed by atoms with E-state index in [1.165, 1.54) is 10.9 Å². The summed E-state index contributed by atoms with van der Waals surface area (Å²) < 4.78 is 1.48. The number of carbonyl (C=O) groups excluding carboxylic acids is 1. The largest absolute Gasteiger partial charge is 0.385 e. The van der Waals surface area contributed by atoms with Crippen LogP contribution in [0.15, 0.2) is 59.7 Å². The van der Waals surface area contributed by atoms with Crippen LogP contribution in [0.2, 0.25) is 5.02 Å². The first kappa shape index (κ1) is 19.6. The van der Waals surface area contributed by atoms with Gasteiger partial charge in [-0.25, -0.2) is 4.98 Å². The first-order valence-electron chi connectivity index (χ1n) is 9.67. The predicted molar refractivity (Wildman–Crippen MR) is 112 cm³/mol. The second-order valence-corrected chi connectivity index (χ2v) is 7.87. The number of benzene rings is 2. The van der Waals surface area contributed by atoms with E-state index in [9.17, 15) is 14.7 Å². The van der Waals surface area contributed by atoms with Crippen LogP contribution >= 0.6 is 11.6 Å². The van der Waals surface area contributed by atoms with Gasteiger partial charge in [-0.05, 0) is 42.7 Å². The van der Waals surface area contributed by atoms with Crippen molar-refractivity contribution in [3.63, 3.8) is 0 Å². The predicted octanol–water partition coefficient (Wildman–Crippen LogP) is 2.95. The van der Waals surface area contributed by atoms with Crippen molar-refractivity contribution < 1.29 is 9.90 Å². The average molecular weight is 412 g/mol. The molecule has 2 heterocycles. The van der Waals surface area contributed by atoms with Gasteiger partial charge in [-0.2, -0.15) is 0 Å². The SMILES string of the molecule is O=C(CCn1cnc2ccccc2c1=O)N1CCC(O)(c2ccc(Cl)cc2)CC1. The number of likely N-dealkylation sites (tertiary alicyclic amines) is 1. The average Bonchev–Trinajstić information content (AvgIpc) is 2.74. The first-order chi connectivity index (χ1) is 14.0. The lowest BCUT2D eigenvalue weighted by molar-refractivity contribution is -0.136. The number of rotatable bonds is 4. The van der Waals surface area contributed by atoms with Crippen molar-refractivity contribution in [3.8, 4) is 0 Å². The maximum Gasteiger partial charge on any atom is 0.261 e. The molecule has 0 saturated carbocycles. The third kappa shape index (κ3) is 4.04. The Bertz CT molecular complexity index is 1090. The lowest BCUT2D eigenvalue weighted by Crippen LogP contribution is -2.45. The van der Waals surface area contributed by atoms with Gasteiger partial charge in [0.2, 0.25) is 5.91 Å². The van der Waals surface area contributed by atoms with Crippen molar-refractivity contribution in [1.29, 1.82) is 0 Å². The maximum absolute atomic E-state index is 12.6. The first-order valence-corrected chi connectivity index (χ1v) is 10.0. The van der Waals surface area contributed by atoms with Crippen molar-refractivity contribution in [2.75, 3.05) is 13.1 Å². The summed E-state index contributed by atoms with van der Waals surface area (Å²) in [7, 11) is 0. The summed E-state index contributed by atoms with van der Waals surface area (Å²) in [6.07, 6.45) is 2.66. The molecule has 0 aliphatic carbocycles. The van der Waals surface area contributed by atoms with E-state index < -0.39 is 5.60 Å². The molecule has 1 aromatic heterocycles. The van der Waals surface area contributed by atoms with Gasteiger partial charge >= 0.3 is 0 Å². The number of piperidine rings is 1. The number of aromatic nitrogens is 2. The molecular formula is C22H22ClN3O3. The Hall–Kier alpha value is -2.70. The Balaban J connectivity index is 1.37. The molecule has 1 saturated heterocycles. The number of hydrogen-bond acceptors (Lipinski definition) is 4. The van der Waals surface area contributed by atoms with Crippen LogP contribution < -0.4 is 5.56 Å². The Morgan fingerprint density at radius 2 is 1.79 bits per heavy atom. The monoisotopic (exact) mass is 411 g/mol. The molecule has 0 radical (unpaired) electrons. The fraction of sp³-hybridized carbons (Fsp3) is 0.318. The molecule has 6 nitrogen and oxygen atoms in total. The molecule has 0 unspecified atom stereocenters. The number of carbonyl (C=O) groups is 1. The molecule has 1 amide bonds. The van der Waals surface area contributed by atoms with Gasteiger partial charge in [0.15, 0.2) is 0 Å². The van der Waals surface area contributed by atoms with E-state index in [-0.39, 0.29) is 24.4 Å². The van der Waals surface area contributed by atoms with Gasteiger partial charge in [0, 0.05) is 31.1 Å². The van der Waals surface area contributed by atoms with Crippen LogP contribution in [0.4, 0.5) is 0 Å². The molecule has 0 bridgehead atoms. The zero-order valence-corrected chi connectivity index (χ0v) is 16.7. The highest BCUT2D eigenvalue weighted by Gasteiger charge is 2.35. The van der Waals surface area contributed by atoms with Crippen molar-refractivity contribution >= 4 is 28.4 Å². The molecule has 1 aliphatic rings. The van der Waals surface area contributed by atoms with Crippen molar-refractivity contribution in [2.45, 2.75) is 31.4 Å². The highest BCUT2D eigenvalue weighted by atomic mass is 35.5. The van der Waals surface area contributed by atoms with E-state index in [0.717, 1.165) is 5.56 Å². The molecule has 3 aromatic rings. The van der Waals surface area contributed by atoms with Gasteiger partial charge < -0.3 is 10.0 Å². The van der Waals surface area contributed by atoms with Gasteiger partial charge in [0.25, 0.3) is 5.56 Å². The number of aliphatic hydroxyl groups is 1. The summed E-state index contributed by atoms with van der Waals surface area (Å²) in [6, 6.07) is 14.4. The van der Waals surface area contributed by atoms with Crippen LogP contribution in [0.25, 0.3) is 10.9 Å². The quantitative estimate of drug-likeness (QED) is 0.716. The van der Waals surface area contributed by atoms with Crippen molar-refractivity contribution in [3.05, 3.63) is 75.8 Å². The summed E-state index contributed by atoms with van der Waals surface area (Å²) in [5.74, 6) is -0.0248. The number of aryl methyl sites for hydroxylation is 1. The third-order valence-electron chi connectivity index (χ3n) is 5.62. The molecule has 4 rings (SSSR count). The van der Waals surface area contributed by atoms with E-state index in [2.05, 4.69) is 4.98 Å². The minimum Gasteiger partial charge on any atom is -0.385 e. The second-order valence-electron chi connectivity index (χ2n) is 7.43. The number of amides is 1. The fourth-order valence-electron chi connectivity index (χ4n) is 3.81. The van der Waals surface area contributed by atoms with Crippen molar-refractivity contribution in [1.82, 2.24) is 14.5 Å². The fourth-order valence-corrected chi connectivity index (χ4v) is 3.94. The normalized spacial score (nSPS) is 16.1. The Labute approximate surface area is 173 Å². The Morgan fingerprint density at radius 3 is 2.52 bits per heavy atom. The minimum absolute atomic E-state index is 0.0248. The molecule has 29 heavy (non-hydrogen) atoms. The van der Waals surface area contributed by atoms with Gasteiger partial charge in [0.1, 0.15) is 0 Å². The molecule has 1 aliphatic heterocycles. The van der Waals surface area contributed by atoms with E-state index in [0.29, 0.717) is 41.9 Å². The Morgan fingerprint density at radius 1 is 1.10 bits per heavy atom. The van der Waals surface area contributed by atoms with E-state index in [4.69, 9.17) is 11.6 Å². The topological polar surface area (TPSA) is 75.4 Å². The zero-order chi connectivity index (χ0) is 20.4. The van der Waals surface area contributed by atoms with Crippen LogP contribution in [0.1, 0.15) is 24.8 Å². The minimum atomic E-state index is -0.944. The molecule has 1 N–H and O–H groups in total. The number of fused-ring (bicyclic) bond motifs is 1. The van der Waals surface area contributed by atoms with E-state index >= 15 is 0 Å². The van der Waals surface area contributed by atoms with Crippen molar-refractivity contribution in [2.24, 2.45) is 0 Å². The van der Waals surface area contributed by atoms with Crippen LogP contribution in [0.5, 0.6) is 0 Å². The Kier molecular flexibility index (Phi) is 5.39. The van der Waals surface area contributed by atoms with Gasteiger partial charge in [0.05, 0.1) is 22.8 Å². The number of para-hydroxylation sites is 1. The van der Waals surface area contributed by atoms with E-state index in [1.807, 2.05) is 18.2 Å². The highest BCUT2D eigenvalue weighted by Crippen LogP contribution is 2.33. The summed E-state index contributed by atoms with van der Waals surface area (Å²) in [6.45, 7) is 1.24. The summed E-state index contributed by atoms with van der Waals surface area (Å²) in [5, 5.41) is 12.1. The standard InChI is InChI=1S/C22H22ClN3O3/c23-17-7-5-16(6-8-17)22(29)10-13-25(14-11-22)20(27)9-12-26-15-24-19-4-2-1-3-18(19)21(26)28/h1-8,15,29H,9-14H2. The molecule has 2 aromatic carbocycles.